The van der Waals surface area contributed by atoms with Crippen molar-refractivity contribution in [3.63, 3.8) is 0 Å². The summed E-state index contributed by atoms with van der Waals surface area (Å²) in [5.74, 6) is -1.65. The van der Waals surface area contributed by atoms with Crippen molar-refractivity contribution < 1.29 is 19.1 Å². The number of carbonyl (C=O) groups is 3. The summed E-state index contributed by atoms with van der Waals surface area (Å²) in [6, 6.07) is 16.7. The van der Waals surface area contributed by atoms with Crippen LogP contribution in [0, 0.1) is 6.92 Å². The molecule has 0 unspecified atom stereocenters. The van der Waals surface area contributed by atoms with Crippen LogP contribution in [-0.4, -0.2) is 34.3 Å². The van der Waals surface area contributed by atoms with Crippen molar-refractivity contribution >= 4 is 39.8 Å². The molecule has 0 saturated carbocycles. The minimum absolute atomic E-state index is 0.0396. The summed E-state index contributed by atoms with van der Waals surface area (Å²) in [6.07, 6.45) is 0. The molecule has 2 N–H and O–H groups in total. The number of anilines is 1. The zero-order valence-electron chi connectivity index (χ0n) is 18.3. The number of benzene rings is 2. The normalized spacial score (nSPS) is 10.6. The highest BCUT2D eigenvalue weighted by atomic mass is 32.1. The quantitative estimate of drug-likeness (QED) is 0.413. The third-order valence-electron chi connectivity index (χ3n) is 4.93. The molecule has 10 heteroatoms. The number of hydrogen-bond donors (Lipinski definition) is 2. The van der Waals surface area contributed by atoms with Crippen LogP contribution in [0.5, 0.6) is 0 Å². The smallest absolute Gasteiger partial charge is 0.337 e. The molecule has 4 rings (SSSR count). The van der Waals surface area contributed by atoms with Crippen LogP contribution in [0.1, 0.15) is 41.8 Å². The number of aryl methyl sites for hydroxylation is 1. The topological polar surface area (TPSA) is 119 Å². The average Bonchev–Trinajstić information content (AvgIpc) is 3.23. The summed E-state index contributed by atoms with van der Waals surface area (Å²) in [4.78, 5) is 55.2. The lowest BCUT2D eigenvalue weighted by Gasteiger charge is -2.08. The number of ether oxygens (including phenoxy) is 1. The number of nitrogens with zero attached hydrogens (tertiary/aromatic N) is 2. The Balaban J connectivity index is 1.67. The molecule has 9 nitrogen and oxygen atoms in total. The van der Waals surface area contributed by atoms with E-state index in [0.717, 1.165) is 21.3 Å². The van der Waals surface area contributed by atoms with Crippen molar-refractivity contribution in [1.82, 2.24) is 14.7 Å². The number of aromatic nitrogens is 2. The van der Waals surface area contributed by atoms with Crippen LogP contribution < -0.4 is 16.2 Å². The highest BCUT2D eigenvalue weighted by Gasteiger charge is 2.26. The third-order valence-corrected chi connectivity index (χ3v) is 5.97. The average molecular weight is 477 g/mol. The Kier molecular flexibility index (Phi) is 6.51. The molecular formula is C24H20N4O5S. The van der Waals surface area contributed by atoms with E-state index in [1.807, 2.05) is 30.3 Å². The van der Waals surface area contributed by atoms with Gasteiger partial charge in [0.15, 0.2) is 4.96 Å². The summed E-state index contributed by atoms with van der Waals surface area (Å²) < 4.78 is 5.82. The lowest BCUT2D eigenvalue weighted by Crippen LogP contribution is -2.29. The minimum Gasteiger partial charge on any atom is -0.465 e. The van der Waals surface area contributed by atoms with Gasteiger partial charge < -0.3 is 15.4 Å². The van der Waals surface area contributed by atoms with Crippen molar-refractivity contribution in [1.29, 1.82) is 0 Å². The molecule has 0 aliphatic rings. The Bertz CT molecular complexity index is 1440. The van der Waals surface area contributed by atoms with E-state index in [-0.39, 0.29) is 22.1 Å². The lowest BCUT2D eigenvalue weighted by atomic mass is 10.2. The van der Waals surface area contributed by atoms with Gasteiger partial charge in [0.1, 0.15) is 10.6 Å². The second-order valence-corrected chi connectivity index (χ2v) is 8.30. The Hall–Kier alpha value is -4.31. The fourth-order valence-electron chi connectivity index (χ4n) is 3.30. The van der Waals surface area contributed by atoms with Crippen LogP contribution in [0.15, 0.2) is 65.5 Å². The Morgan fingerprint density at radius 3 is 2.41 bits per heavy atom. The molecule has 0 spiro atoms. The van der Waals surface area contributed by atoms with Gasteiger partial charge in [0.2, 0.25) is 0 Å². The number of rotatable bonds is 6. The van der Waals surface area contributed by atoms with E-state index < -0.39 is 23.3 Å². The van der Waals surface area contributed by atoms with E-state index in [9.17, 15) is 19.2 Å². The maximum absolute atomic E-state index is 13.1. The van der Waals surface area contributed by atoms with Gasteiger partial charge >= 0.3 is 5.97 Å². The van der Waals surface area contributed by atoms with Crippen molar-refractivity contribution in [2.75, 3.05) is 12.4 Å². The molecule has 2 heterocycles. The highest BCUT2D eigenvalue weighted by molar-refractivity contribution is 7.19. The first-order chi connectivity index (χ1) is 16.4. The van der Waals surface area contributed by atoms with Crippen molar-refractivity contribution in [3.05, 3.63) is 98.4 Å². The number of esters is 1. The van der Waals surface area contributed by atoms with E-state index in [4.69, 9.17) is 0 Å². The number of carbonyl (C=O) groups excluding carboxylic acids is 3. The molecule has 2 amide bonds. The van der Waals surface area contributed by atoms with Gasteiger partial charge in [-0.05, 0) is 36.8 Å². The standard InChI is InChI=1S/C24H20N4O5S/c1-14-12-18(29)28-19(21(30)25-13-15-6-4-3-5-7-15)20(34-24(28)26-14)22(31)27-17-10-8-16(9-11-17)23(32)33-2/h3-12H,13H2,1-2H3,(H,25,30)(H,27,31). The fourth-order valence-corrected chi connectivity index (χ4v) is 4.37. The number of nitrogens with one attached hydrogen (secondary N) is 2. The first kappa shape index (κ1) is 22.9. The molecule has 0 aliphatic carbocycles. The monoisotopic (exact) mass is 476 g/mol. The Morgan fingerprint density at radius 1 is 1.03 bits per heavy atom. The highest BCUT2D eigenvalue weighted by Crippen LogP contribution is 2.23. The lowest BCUT2D eigenvalue weighted by molar-refractivity contribution is 0.0600. The van der Waals surface area contributed by atoms with Gasteiger partial charge in [-0.25, -0.2) is 14.2 Å². The van der Waals surface area contributed by atoms with Gasteiger partial charge in [-0.3, -0.25) is 14.4 Å². The zero-order valence-corrected chi connectivity index (χ0v) is 19.1. The molecule has 0 aliphatic heterocycles. The van der Waals surface area contributed by atoms with E-state index in [1.165, 1.54) is 25.3 Å². The first-order valence-electron chi connectivity index (χ1n) is 10.2. The first-order valence-corrected chi connectivity index (χ1v) is 11.0. The Morgan fingerprint density at radius 2 is 1.74 bits per heavy atom. The van der Waals surface area contributed by atoms with E-state index in [2.05, 4.69) is 20.4 Å². The second kappa shape index (κ2) is 9.67. The Labute approximate surface area is 198 Å². The van der Waals surface area contributed by atoms with Crippen LogP contribution in [0.25, 0.3) is 4.96 Å². The molecule has 2 aromatic carbocycles. The van der Waals surface area contributed by atoms with Gasteiger partial charge in [-0.1, -0.05) is 41.7 Å². The van der Waals surface area contributed by atoms with E-state index >= 15 is 0 Å². The summed E-state index contributed by atoms with van der Waals surface area (Å²) in [7, 11) is 1.28. The molecular weight excluding hydrogens is 456 g/mol. The summed E-state index contributed by atoms with van der Waals surface area (Å²) in [5, 5.41) is 5.47. The molecule has 2 aromatic heterocycles. The van der Waals surface area contributed by atoms with Gasteiger partial charge in [0.05, 0.1) is 12.7 Å². The molecule has 172 valence electrons. The largest absolute Gasteiger partial charge is 0.465 e. The van der Waals surface area contributed by atoms with Gasteiger partial charge in [0, 0.05) is 24.0 Å². The molecule has 0 atom stereocenters. The number of hydrogen-bond acceptors (Lipinski definition) is 7. The van der Waals surface area contributed by atoms with E-state index in [0.29, 0.717) is 16.9 Å². The maximum Gasteiger partial charge on any atom is 0.337 e. The van der Waals surface area contributed by atoms with Crippen molar-refractivity contribution in [2.24, 2.45) is 0 Å². The molecule has 0 saturated heterocycles. The minimum atomic E-state index is -0.580. The zero-order chi connectivity index (χ0) is 24.2. The molecule has 0 radical (unpaired) electrons. The number of thiazole rings is 1. The number of methoxy groups -OCH3 is 1. The van der Waals surface area contributed by atoms with Crippen LogP contribution in [0.3, 0.4) is 0 Å². The second-order valence-electron chi connectivity index (χ2n) is 7.32. The fraction of sp³-hybridized carbons (Fsp3) is 0.125. The van der Waals surface area contributed by atoms with Crippen LogP contribution in [0.2, 0.25) is 0 Å². The van der Waals surface area contributed by atoms with Gasteiger partial charge in [-0.2, -0.15) is 0 Å². The number of fused-ring (bicyclic) bond motifs is 1. The van der Waals surface area contributed by atoms with Crippen molar-refractivity contribution in [2.45, 2.75) is 13.5 Å². The van der Waals surface area contributed by atoms with Crippen LogP contribution in [-0.2, 0) is 11.3 Å². The van der Waals surface area contributed by atoms with Crippen LogP contribution in [0.4, 0.5) is 5.69 Å². The predicted molar refractivity (Wildman–Crippen MR) is 127 cm³/mol. The summed E-state index contributed by atoms with van der Waals surface area (Å²) >= 11 is 0.946. The van der Waals surface area contributed by atoms with Gasteiger partial charge in [0.25, 0.3) is 17.4 Å². The predicted octanol–water partition coefficient (Wildman–Crippen LogP) is 3.03. The summed E-state index contributed by atoms with van der Waals surface area (Å²) in [6.45, 7) is 1.89. The number of amides is 2. The summed E-state index contributed by atoms with van der Waals surface area (Å²) in [5.41, 5.74) is 1.54. The molecule has 34 heavy (non-hydrogen) atoms. The van der Waals surface area contributed by atoms with Crippen LogP contribution >= 0.6 is 11.3 Å². The maximum atomic E-state index is 13.1. The molecule has 0 fully saturated rings. The van der Waals surface area contributed by atoms with Gasteiger partial charge in [-0.15, -0.1) is 0 Å². The molecule has 0 bridgehead atoms. The SMILES string of the molecule is COC(=O)c1ccc(NC(=O)c2sc3nc(C)cc(=O)n3c2C(=O)NCc2ccccc2)cc1. The third kappa shape index (κ3) is 4.71. The van der Waals surface area contributed by atoms with Crippen molar-refractivity contribution in [3.8, 4) is 0 Å². The van der Waals surface area contributed by atoms with E-state index in [1.54, 1.807) is 19.1 Å². The molecule has 4 aromatic rings.